The smallest absolute Gasteiger partial charge is 0.493 e. The molecule has 1 amide bonds. The number of nitrogens with zero attached hydrogens (tertiary/aromatic N) is 1. The van der Waals surface area contributed by atoms with Crippen molar-refractivity contribution in [2.45, 2.75) is 24.7 Å². The van der Waals surface area contributed by atoms with Crippen LogP contribution in [-0.2, 0) is 27.9 Å². The first kappa shape index (κ1) is 33.5. The van der Waals surface area contributed by atoms with Crippen LogP contribution in [0.1, 0.15) is 12.0 Å². The minimum absolute atomic E-state index is 0.0189. The van der Waals surface area contributed by atoms with Crippen LogP contribution in [0.3, 0.4) is 0 Å². The fourth-order valence-corrected chi connectivity index (χ4v) is 5.41. The summed E-state index contributed by atoms with van der Waals surface area (Å²) >= 11 is 11.6. The zero-order valence-corrected chi connectivity index (χ0v) is 26.5. The van der Waals surface area contributed by atoms with E-state index in [9.17, 15) is 14.7 Å². The Bertz CT molecular complexity index is 1290. The molecule has 0 aromatic heterocycles. The maximum absolute atomic E-state index is 14.0. The largest absolute Gasteiger partial charge is 0.525 e. The number of para-hydroxylation sites is 2. The van der Waals surface area contributed by atoms with Crippen LogP contribution in [0.2, 0.25) is 0 Å². The highest BCUT2D eigenvalue weighted by Gasteiger charge is 2.59. The Balaban J connectivity index is 2.31. The summed E-state index contributed by atoms with van der Waals surface area (Å²) in [7, 11) is 4.75. The molecule has 2 atom stereocenters. The number of carbonyl (C=O) groups is 2. The molecule has 0 aliphatic heterocycles. The lowest BCUT2D eigenvalue weighted by atomic mass is 10.2. The number of halogens is 1. The van der Waals surface area contributed by atoms with Crippen LogP contribution in [0.15, 0.2) is 66.7 Å². The van der Waals surface area contributed by atoms with Crippen molar-refractivity contribution in [1.29, 1.82) is 0 Å². The van der Waals surface area contributed by atoms with Crippen molar-refractivity contribution >= 4 is 42.8 Å². The molecule has 11 nitrogen and oxygen atoms in total. The van der Waals surface area contributed by atoms with Crippen LogP contribution in [0.5, 0.6) is 34.5 Å². The first-order valence-corrected chi connectivity index (χ1v) is 15.4. The van der Waals surface area contributed by atoms with E-state index in [2.05, 4.69) is 0 Å². The number of carboxylic acids is 1. The van der Waals surface area contributed by atoms with E-state index in [1.165, 1.54) is 28.4 Å². The third-order valence-electron chi connectivity index (χ3n) is 6.07. The summed E-state index contributed by atoms with van der Waals surface area (Å²) in [6.45, 7) is -0.185. The van der Waals surface area contributed by atoms with Gasteiger partial charge < -0.3 is 38.3 Å². The molecule has 2 unspecified atom stereocenters. The van der Waals surface area contributed by atoms with E-state index in [0.29, 0.717) is 5.56 Å². The van der Waals surface area contributed by atoms with Crippen LogP contribution in [0.25, 0.3) is 0 Å². The van der Waals surface area contributed by atoms with E-state index in [-0.39, 0.29) is 53.4 Å². The number of ether oxygens (including phenoxy) is 7. The molecule has 14 heteroatoms. The van der Waals surface area contributed by atoms with E-state index in [1.54, 1.807) is 60.7 Å². The van der Waals surface area contributed by atoms with Crippen molar-refractivity contribution in [1.82, 2.24) is 4.90 Å². The van der Waals surface area contributed by atoms with Crippen molar-refractivity contribution in [2.75, 3.05) is 34.3 Å². The highest BCUT2D eigenvalue weighted by Crippen LogP contribution is 2.48. The highest BCUT2D eigenvalue weighted by molar-refractivity contribution is 7.97. The summed E-state index contributed by atoms with van der Waals surface area (Å²) in [5, 5.41) is 10.4. The van der Waals surface area contributed by atoms with Crippen molar-refractivity contribution in [3.8, 4) is 34.5 Å². The van der Waals surface area contributed by atoms with Gasteiger partial charge in [0.25, 0.3) is 7.36 Å². The topological polar surface area (TPSA) is 122 Å². The standard InChI is InChI=1S/C29H31ClNO10PS/c1-35-21-12-8-13-22(36-2)25(21)40-29(42-43,41-26-23(37-3)14-9-15-24(26)38-4)31(20(16-17-30)27(32)33)28(34)39-18-19-10-6-5-7-11-19/h5-15,20H,16-18H2,1-4H3,(H,32,33)/p+1. The van der Waals surface area contributed by atoms with Crippen molar-refractivity contribution in [3.63, 3.8) is 0 Å². The molecule has 43 heavy (non-hydrogen) atoms. The molecule has 230 valence electrons. The van der Waals surface area contributed by atoms with E-state index >= 15 is 0 Å². The lowest BCUT2D eigenvalue weighted by Gasteiger charge is -2.37. The summed E-state index contributed by atoms with van der Waals surface area (Å²) in [6, 6.07) is 16.9. The summed E-state index contributed by atoms with van der Waals surface area (Å²) in [4.78, 5) is 27.5. The van der Waals surface area contributed by atoms with Gasteiger partial charge in [-0.2, -0.15) is 4.90 Å². The number of hydrogen-bond acceptors (Lipinski definition) is 10. The predicted octanol–water partition coefficient (Wildman–Crippen LogP) is 5.65. The van der Waals surface area contributed by atoms with Crippen LogP contribution in [0.4, 0.5) is 4.79 Å². The average molecular weight is 653 g/mol. The van der Waals surface area contributed by atoms with E-state index in [4.69, 9.17) is 56.6 Å². The van der Waals surface area contributed by atoms with E-state index < -0.39 is 31.1 Å². The van der Waals surface area contributed by atoms with Crippen LogP contribution >= 0.6 is 19.0 Å². The van der Waals surface area contributed by atoms with Crippen LogP contribution in [-0.4, -0.2) is 68.1 Å². The Labute approximate surface area is 260 Å². The van der Waals surface area contributed by atoms with E-state index in [0.717, 1.165) is 4.90 Å². The Morgan fingerprint density at radius 2 is 1.30 bits per heavy atom. The lowest BCUT2D eigenvalue weighted by Crippen LogP contribution is -2.62. The number of rotatable bonds is 16. The average Bonchev–Trinajstić information content (AvgIpc) is 3.03. The molecule has 0 saturated carbocycles. The molecule has 1 N–H and O–H groups in total. The number of hydrogen-bond donors (Lipinski definition) is 1. The monoisotopic (exact) mass is 652 g/mol. The Kier molecular flexibility index (Phi) is 12.5. The second-order valence-electron chi connectivity index (χ2n) is 8.61. The van der Waals surface area contributed by atoms with Crippen molar-refractivity contribution < 1.29 is 47.9 Å². The maximum Gasteiger partial charge on any atom is 0.525 e. The van der Waals surface area contributed by atoms with Gasteiger partial charge in [0, 0.05) is 5.88 Å². The maximum atomic E-state index is 14.0. The second kappa shape index (κ2) is 16.0. The zero-order valence-electron chi connectivity index (χ0n) is 23.9. The quantitative estimate of drug-likeness (QED) is 0.117. The molecule has 0 spiro atoms. The highest BCUT2D eigenvalue weighted by atomic mass is 35.5. The van der Waals surface area contributed by atoms with Gasteiger partial charge in [0.2, 0.25) is 11.5 Å². The fourth-order valence-electron chi connectivity index (χ4n) is 4.03. The van der Waals surface area contributed by atoms with Gasteiger partial charge in [0.05, 0.1) is 28.4 Å². The molecular formula is C29H32ClNO10PS+. The number of aliphatic carboxylic acids is 1. The first-order chi connectivity index (χ1) is 20.8. The summed E-state index contributed by atoms with van der Waals surface area (Å²) in [6.07, 6.45) is -1.31. The minimum Gasteiger partial charge on any atom is -0.493 e. The van der Waals surface area contributed by atoms with Crippen LogP contribution < -0.4 is 28.4 Å². The van der Waals surface area contributed by atoms with Gasteiger partial charge in [-0.05, 0) is 36.2 Å². The third-order valence-corrected chi connectivity index (χ3v) is 7.77. The van der Waals surface area contributed by atoms with Gasteiger partial charge in [0.1, 0.15) is 12.6 Å². The molecule has 0 aliphatic carbocycles. The van der Waals surface area contributed by atoms with Crippen LogP contribution in [0, 0.1) is 0 Å². The third kappa shape index (κ3) is 7.90. The molecular weight excluding hydrogens is 621 g/mol. The molecule has 3 aromatic carbocycles. The Morgan fingerprint density at radius 1 is 0.837 bits per heavy atom. The number of methoxy groups -OCH3 is 4. The number of carboxylic acid groups (broad SMARTS) is 1. The molecule has 0 bridgehead atoms. The van der Waals surface area contributed by atoms with Crippen molar-refractivity contribution in [2.24, 2.45) is 0 Å². The summed E-state index contributed by atoms with van der Waals surface area (Å²) < 4.78 is 40.6. The van der Waals surface area contributed by atoms with Gasteiger partial charge in [-0.3, -0.25) is 0 Å². The number of alkyl halides is 1. The molecule has 0 saturated heterocycles. The molecule has 0 aliphatic rings. The van der Waals surface area contributed by atoms with E-state index in [1.807, 2.05) is 6.07 Å². The normalized spacial score (nSPS) is 11.7. The SMILES string of the molecule is COc1cccc(OC)c1OC(Oc1c(OC)cccc1OC)([PH+]=S)N(C(=O)OCc1ccccc1)C(CCCl)C(=O)O. The van der Waals surface area contributed by atoms with Gasteiger partial charge in [-0.1, -0.05) is 42.5 Å². The summed E-state index contributed by atoms with van der Waals surface area (Å²) in [5.74, 6) is -0.815. The predicted molar refractivity (Wildman–Crippen MR) is 164 cm³/mol. The molecule has 0 fully saturated rings. The van der Waals surface area contributed by atoms with Gasteiger partial charge in [-0.15, -0.1) is 11.6 Å². The number of carbonyl (C=O) groups excluding carboxylic acids is 1. The number of amides is 1. The van der Waals surface area contributed by atoms with Gasteiger partial charge in [0.15, 0.2) is 34.8 Å². The minimum atomic E-state index is -2.36. The zero-order chi connectivity index (χ0) is 31.4. The van der Waals surface area contributed by atoms with Gasteiger partial charge in [-0.25, -0.2) is 9.59 Å². The fraction of sp³-hybridized carbons (Fsp3) is 0.310. The molecule has 3 rings (SSSR count). The van der Waals surface area contributed by atoms with Crippen molar-refractivity contribution in [3.05, 3.63) is 72.3 Å². The summed E-state index contributed by atoms with van der Waals surface area (Å²) in [5.41, 5.74) is -1.70. The lowest BCUT2D eigenvalue weighted by molar-refractivity contribution is -0.174. The molecule has 0 radical (unpaired) electrons. The molecule has 3 aromatic rings. The first-order valence-electron chi connectivity index (χ1n) is 12.8. The van der Waals surface area contributed by atoms with Gasteiger partial charge >= 0.3 is 17.7 Å². The second-order valence-corrected chi connectivity index (χ2v) is 10.4. The molecule has 0 heterocycles. The Hall–Kier alpha value is -3.99. The Morgan fingerprint density at radius 3 is 1.67 bits per heavy atom. The number of benzene rings is 3.